The van der Waals surface area contributed by atoms with E-state index in [0.29, 0.717) is 41.9 Å². The van der Waals surface area contributed by atoms with Gasteiger partial charge in [-0.2, -0.15) is 0 Å². The maximum absolute atomic E-state index is 13.7. The number of carboxylic acid groups (broad SMARTS) is 1. The van der Waals surface area contributed by atoms with Gasteiger partial charge in [-0.15, -0.1) is 0 Å². The molecule has 1 aliphatic carbocycles. The van der Waals surface area contributed by atoms with Crippen LogP contribution in [0.4, 0.5) is 4.39 Å². The molecule has 35 heavy (non-hydrogen) atoms. The normalized spacial score (nSPS) is 22.3. The number of piperidine rings is 1. The summed E-state index contributed by atoms with van der Waals surface area (Å²) in [6.45, 7) is 2.75. The van der Waals surface area contributed by atoms with Crippen LogP contribution in [0.3, 0.4) is 0 Å². The maximum Gasteiger partial charge on any atom is 0.307 e. The van der Waals surface area contributed by atoms with E-state index in [-0.39, 0.29) is 27.3 Å². The summed E-state index contributed by atoms with van der Waals surface area (Å²) in [6, 6.07) is 9.45. The molecule has 1 aromatic heterocycles. The quantitative estimate of drug-likeness (QED) is 0.461. The predicted molar refractivity (Wildman–Crippen MR) is 131 cm³/mol. The van der Waals surface area contributed by atoms with Crippen LogP contribution in [-0.4, -0.2) is 46.1 Å². The Kier molecular flexibility index (Phi) is 6.09. The average Bonchev–Trinajstić information content (AvgIpc) is 3.50. The number of halogens is 3. The van der Waals surface area contributed by atoms with Gasteiger partial charge < -0.3 is 14.7 Å². The predicted octanol–water partition coefficient (Wildman–Crippen LogP) is 5.83. The number of aliphatic carboxylic acids is 1. The standard InChI is InChI=1S/C26H23Cl2FN2O4/c1-14(24(32)31-8-2-6-26(13-31)12-19(26)25(33)34)35-16-3-4-17-18(5-7-30-22(17)11-16)23-20(27)9-15(29)10-21(23)28/h3-5,7,9-11,14,19H,2,6,8,12-13H2,1H3,(H,33,34). The first kappa shape index (κ1) is 23.8. The van der Waals surface area contributed by atoms with Crippen LogP contribution in [0.5, 0.6) is 5.75 Å². The van der Waals surface area contributed by atoms with Crippen LogP contribution in [0.2, 0.25) is 10.0 Å². The number of hydrogen-bond donors (Lipinski definition) is 1. The summed E-state index contributed by atoms with van der Waals surface area (Å²) in [6.07, 6.45) is 3.12. The molecule has 1 saturated carbocycles. The Bertz CT molecular complexity index is 1330. The van der Waals surface area contributed by atoms with Gasteiger partial charge in [-0.3, -0.25) is 14.6 Å². The molecule has 1 aliphatic heterocycles. The van der Waals surface area contributed by atoms with Crippen LogP contribution in [-0.2, 0) is 9.59 Å². The van der Waals surface area contributed by atoms with E-state index in [1.54, 1.807) is 42.3 Å². The minimum Gasteiger partial charge on any atom is -0.481 e. The highest BCUT2D eigenvalue weighted by atomic mass is 35.5. The SMILES string of the molecule is CC(Oc1ccc2c(-c3c(Cl)cc(F)cc3Cl)ccnc2c1)C(=O)N1CCCC2(CC2C(=O)O)C1. The molecule has 2 fully saturated rings. The van der Waals surface area contributed by atoms with Gasteiger partial charge in [0.15, 0.2) is 6.10 Å². The van der Waals surface area contributed by atoms with Crippen LogP contribution in [0.15, 0.2) is 42.6 Å². The Hall–Kier alpha value is -2.90. The Balaban J connectivity index is 1.35. The Morgan fingerprint density at radius 3 is 2.66 bits per heavy atom. The Morgan fingerprint density at radius 1 is 1.23 bits per heavy atom. The molecule has 1 saturated heterocycles. The lowest BCUT2D eigenvalue weighted by molar-refractivity contribution is -0.143. The molecule has 1 N–H and O–H groups in total. The average molecular weight is 517 g/mol. The van der Waals surface area contributed by atoms with Crippen molar-refractivity contribution in [1.82, 2.24) is 9.88 Å². The largest absolute Gasteiger partial charge is 0.481 e. The molecular weight excluding hydrogens is 494 g/mol. The van der Waals surface area contributed by atoms with Gasteiger partial charge in [0.05, 0.1) is 21.5 Å². The summed E-state index contributed by atoms with van der Waals surface area (Å²) < 4.78 is 19.6. The number of hydrogen-bond acceptors (Lipinski definition) is 4. The first-order valence-corrected chi connectivity index (χ1v) is 12.2. The summed E-state index contributed by atoms with van der Waals surface area (Å²) in [5, 5.41) is 10.5. The Morgan fingerprint density at radius 2 is 1.97 bits per heavy atom. The van der Waals surface area contributed by atoms with E-state index >= 15 is 0 Å². The molecule has 1 spiro atoms. The number of likely N-dealkylation sites (tertiary alicyclic amines) is 1. The molecule has 9 heteroatoms. The van der Waals surface area contributed by atoms with Crippen LogP contribution in [0, 0.1) is 17.2 Å². The lowest BCUT2D eigenvalue weighted by Gasteiger charge is -2.35. The molecule has 3 atom stereocenters. The number of carbonyl (C=O) groups excluding carboxylic acids is 1. The molecule has 6 nitrogen and oxygen atoms in total. The van der Waals surface area contributed by atoms with E-state index in [4.69, 9.17) is 27.9 Å². The van der Waals surface area contributed by atoms with Crippen molar-refractivity contribution in [3.63, 3.8) is 0 Å². The monoisotopic (exact) mass is 516 g/mol. The first-order chi connectivity index (χ1) is 16.7. The van der Waals surface area contributed by atoms with E-state index in [2.05, 4.69) is 4.98 Å². The van der Waals surface area contributed by atoms with Gasteiger partial charge >= 0.3 is 5.97 Å². The number of carboxylic acids is 1. The number of benzene rings is 2. The number of carbonyl (C=O) groups is 2. The van der Waals surface area contributed by atoms with Gasteiger partial charge in [-0.05, 0) is 62.1 Å². The molecule has 2 heterocycles. The smallest absolute Gasteiger partial charge is 0.307 e. The molecule has 0 radical (unpaired) electrons. The highest BCUT2D eigenvalue weighted by molar-refractivity contribution is 6.39. The van der Waals surface area contributed by atoms with Gasteiger partial charge in [0.25, 0.3) is 5.91 Å². The highest BCUT2D eigenvalue weighted by Crippen LogP contribution is 2.58. The van der Waals surface area contributed by atoms with Crippen molar-refractivity contribution in [2.24, 2.45) is 11.3 Å². The van der Waals surface area contributed by atoms with Gasteiger partial charge in [0, 0.05) is 41.7 Å². The Labute approximate surface area is 211 Å². The molecule has 3 unspecified atom stereocenters. The van der Waals surface area contributed by atoms with Crippen molar-refractivity contribution >= 4 is 46.0 Å². The lowest BCUT2D eigenvalue weighted by Crippen LogP contribution is -2.47. The van der Waals surface area contributed by atoms with E-state index in [1.807, 2.05) is 0 Å². The zero-order chi connectivity index (χ0) is 24.9. The van der Waals surface area contributed by atoms with Crippen LogP contribution in [0.1, 0.15) is 26.2 Å². The molecule has 2 aromatic carbocycles. The van der Waals surface area contributed by atoms with Crippen LogP contribution < -0.4 is 4.74 Å². The summed E-state index contributed by atoms with van der Waals surface area (Å²) in [7, 11) is 0. The van der Waals surface area contributed by atoms with Gasteiger partial charge in [-0.25, -0.2) is 4.39 Å². The summed E-state index contributed by atoms with van der Waals surface area (Å²) in [5.74, 6) is -1.35. The molecular formula is C26H23Cl2FN2O4. The van der Waals surface area contributed by atoms with E-state index in [0.717, 1.165) is 18.2 Å². The first-order valence-electron chi connectivity index (χ1n) is 11.4. The maximum atomic E-state index is 13.7. The fraction of sp³-hybridized carbons (Fsp3) is 0.346. The van der Waals surface area contributed by atoms with Crippen molar-refractivity contribution in [2.75, 3.05) is 13.1 Å². The van der Waals surface area contributed by atoms with Crippen molar-refractivity contribution in [2.45, 2.75) is 32.3 Å². The van der Waals surface area contributed by atoms with Crippen molar-refractivity contribution in [1.29, 1.82) is 0 Å². The molecule has 0 bridgehead atoms. The number of nitrogens with zero attached hydrogens (tertiary/aromatic N) is 2. The number of amides is 1. The summed E-state index contributed by atoms with van der Waals surface area (Å²) in [4.78, 5) is 30.6. The van der Waals surface area contributed by atoms with E-state index < -0.39 is 17.9 Å². The van der Waals surface area contributed by atoms with Crippen LogP contribution in [0.25, 0.3) is 22.0 Å². The van der Waals surface area contributed by atoms with Crippen LogP contribution >= 0.6 is 23.2 Å². The molecule has 182 valence electrons. The minimum absolute atomic E-state index is 0.160. The number of pyridine rings is 1. The van der Waals surface area contributed by atoms with Gasteiger partial charge in [0.1, 0.15) is 11.6 Å². The van der Waals surface area contributed by atoms with E-state index in [9.17, 15) is 19.1 Å². The zero-order valence-electron chi connectivity index (χ0n) is 18.9. The second kappa shape index (κ2) is 8.95. The van der Waals surface area contributed by atoms with Crippen molar-refractivity contribution < 1.29 is 23.8 Å². The molecule has 2 aliphatic rings. The fourth-order valence-corrected chi connectivity index (χ4v) is 5.89. The number of rotatable bonds is 5. The summed E-state index contributed by atoms with van der Waals surface area (Å²) in [5.41, 5.74) is 1.54. The molecule has 3 aromatic rings. The summed E-state index contributed by atoms with van der Waals surface area (Å²) >= 11 is 12.6. The lowest BCUT2D eigenvalue weighted by atomic mass is 9.92. The van der Waals surface area contributed by atoms with E-state index in [1.165, 1.54) is 12.1 Å². The number of ether oxygens (including phenoxy) is 1. The minimum atomic E-state index is -0.783. The third-order valence-electron chi connectivity index (χ3n) is 7.06. The second-order valence-electron chi connectivity index (χ2n) is 9.36. The third-order valence-corrected chi connectivity index (χ3v) is 7.66. The topological polar surface area (TPSA) is 79.7 Å². The highest BCUT2D eigenvalue weighted by Gasteiger charge is 2.60. The molecule has 1 amide bonds. The van der Waals surface area contributed by atoms with Gasteiger partial charge in [-0.1, -0.05) is 23.2 Å². The zero-order valence-corrected chi connectivity index (χ0v) is 20.4. The number of fused-ring (bicyclic) bond motifs is 1. The van der Waals surface area contributed by atoms with Gasteiger partial charge in [0.2, 0.25) is 0 Å². The molecule has 5 rings (SSSR count). The number of aromatic nitrogens is 1. The second-order valence-corrected chi connectivity index (χ2v) is 10.2. The van der Waals surface area contributed by atoms with Crippen molar-refractivity contribution in [3.05, 3.63) is 58.5 Å². The fourth-order valence-electron chi connectivity index (χ4n) is 5.23. The van der Waals surface area contributed by atoms with Crippen molar-refractivity contribution in [3.8, 4) is 16.9 Å². The third kappa shape index (κ3) is 4.43.